The lowest BCUT2D eigenvalue weighted by molar-refractivity contribution is 0.473. The summed E-state index contributed by atoms with van der Waals surface area (Å²) >= 11 is 0. The van der Waals surface area contributed by atoms with Gasteiger partial charge in [-0.1, -0.05) is 6.08 Å². The highest BCUT2D eigenvalue weighted by Crippen LogP contribution is 2.26. The van der Waals surface area contributed by atoms with Crippen molar-refractivity contribution in [1.82, 2.24) is 0 Å². The predicted octanol–water partition coefficient (Wildman–Crippen LogP) is 3.01. The molecule has 0 fully saturated rings. The number of nitrogens with two attached hydrogens (primary N) is 1. The highest BCUT2D eigenvalue weighted by molar-refractivity contribution is 5.85. The Morgan fingerprint density at radius 2 is 1.87 bits per heavy atom. The van der Waals surface area contributed by atoms with Crippen molar-refractivity contribution in [2.24, 2.45) is 5.73 Å². The van der Waals surface area contributed by atoms with Crippen molar-refractivity contribution < 1.29 is 5.11 Å². The van der Waals surface area contributed by atoms with E-state index in [1.54, 1.807) is 12.1 Å². The monoisotopic (exact) mass is 227 g/mol. The van der Waals surface area contributed by atoms with Crippen LogP contribution in [0.25, 0.3) is 0 Å². The number of aromatic hydroxyl groups is 1. The van der Waals surface area contributed by atoms with Crippen molar-refractivity contribution >= 4 is 12.4 Å². The summed E-state index contributed by atoms with van der Waals surface area (Å²) < 4.78 is 0. The van der Waals surface area contributed by atoms with Gasteiger partial charge in [0.15, 0.2) is 0 Å². The van der Waals surface area contributed by atoms with Gasteiger partial charge in [0, 0.05) is 6.04 Å². The van der Waals surface area contributed by atoms with Gasteiger partial charge in [0.1, 0.15) is 5.75 Å². The molecule has 84 valence electrons. The average molecular weight is 228 g/mol. The second-order valence-electron chi connectivity index (χ2n) is 3.62. The number of halogens is 1. The summed E-state index contributed by atoms with van der Waals surface area (Å²) in [6.45, 7) is 7.60. The maximum atomic E-state index is 9.37. The molecule has 0 radical (unpaired) electrons. The van der Waals surface area contributed by atoms with Crippen LogP contribution in [0.5, 0.6) is 5.75 Å². The molecule has 0 aromatic heterocycles. The Kier molecular flexibility index (Phi) is 5.40. The van der Waals surface area contributed by atoms with E-state index in [2.05, 4.69) is 6.58 Å². The predicted molar refractivity (Wildman–Crippen MR) is 66.6 cm³/mol. The van der Waals surface area contributed by atoms with Gasteiger partial charge in [0.05, 0.1) is 0 Å². The second-order valence-corrected chi connectivity index (χ2v) is 3.62. The van der Waals surface area contributed by atoms with E-state index in [0.29, 0.717) is 5.75 Å². The normalized spacial score (nSPS) is 11.7. The van der Waals surface area contributed by atoms with Crippen molar-refractivity contribution in [1.29, 1.82) is 0 Å². The van der Waals surface area contributed by atoms with Crippen molar-refractivity contribution in [2.45, 2.75) is 26.3 Å². The van der Waals surface area contributed by atoms with Gasteiger partial charge in [-0.25, -0.2) is 0 Å². The van der Waals surface area contributed by atoms with Crippen LogP contribution in [0.3, 0.4) is 0 Å². The van der Waals surface area contributed by atoms with Crippen LogP contribution in [-0.4, -0.2) is 5.11 Å². The van der Waals surface area contributed by atoms with Gasteiger partial charge in [-0.3, -0.25) is 0 Å². The maximum absolute atomic E-state index is 9.37. The molecular formula is C12H18ClNO. The van der Waals surface area contributed by atoms with Gasteiger partial charge in [-0.15, -0.1) is 19.0 Å². The van der Waals surface area contributed by atoms with E-state index in [9.17, 15) is 5.11 Å². The first-order valence-electron chi connectivity index (χ1n) is 4.73. The zero-order valence-electron chi connectivity index (χ0n) is 9.16. The second kappa shape index (κ2) is 5.79. The van der Waals surface area contributed by atoms with Crippen LogP contribution in [0.2, 0.25) is 0 Å². The minimum Gasteiger partial charge on any atom is -0.508 e. The summed E-state index contributed by atoms with van der Waals surface area (Å²) in [5.41, 5.74) is 9.20. The fourth-order valence-electron chi connectivity index (χ4n) is 1.83. The van der Waals surface area contributed by atoms with Crippen molar-refractivity contribution in [3.05, 3.63) is 41.5 Å². The summed E-state index contributed by atoms with van der Waals surface area (Å²) in [4.78, 5) is 0. The van der Waals surface area contributed by atoms with Gasteiger partial charge < -0.3 is 10.8 Å². The Morgan fingerprint density at radius 3 is 2.27 bits per heavy atom. The molecule has 1 aromatic carbocycles. The standard InChI is InChI=1S/C12H17NO.ClH/c1-4-5-11(13)12-8(2)6-10(14)7-9(12)3;/h4,6-7,11,14H,1,5,13H2,2-3H3;1H/t11-;/m1./s1. The number of benzene rings is 1. The van der Waals surface area contributed by atoms with Gasteiger partial charge >= 0.3 is 0 Å². The third-order valence-electron chi connectivity index (χ3n) is 2.37. The minimum atomic E-state index is -0.0203. The Labute approximate surface area is 97.2 Å². The minimum absolute atomic E-state index is 0. The first-order valence-corrected chi connectivity index (χ1v) is 4.73. The molecule has 0 unspecified atom stereocenters. The van der Waals surface area contributed by atoms with Crippen molar-refractivity contribution in [3.63, 3.8) is 0 Å². The van der Waals surface area contributed by atoms with Crippen LogP contribution in [0.15, 0.2) is 24.8 Å². The third-order valence-corrected chi connectivity index (χ3v) is 2.37. The summed E-state index contributed by atoms with van der Waals surface area (Å²) in [5, 5.41) is 9.37. The molecule has 1 atom stereocenters. The molecule has 15 heavy (non-hydrogen) atoms. The van der Waals surface area contributed by atoms with E-state index >= 15 is 0 Å². The molecule has 0 heterocycles. The molecule has 0 aliphatic rings. The van der Waals surface area contributed by atoms with Crippen LogP contribution in [0, 0.1) is 13.8 Å². The van der Waals surface area contributed by atoms with Crippen LogP contribution in [0.4, 0.5) is 0 Å². The van der Waals surface area contributed by atoms with Gasteiger partial charge in [-0.2, -0.15) is 0 Å². The van der Waals surface area contributed by atoms with E-state index in [1.165, 1.54) is 0 Å². The molecule has 0 spiro atoms. The number of rotatable bonds is 3. The van der Waals surface area contributed by atoms with Gasteiger partial charge in [-0.05, 0) is 49.1 Å². The molecule has 0 saturated heterocycles. The van der Waals surface area contributed by atoms with Crippen LogP contribution >= 0.6 is 12.4 Å². The highest BCUT2D eigenvalue weighted by atomic mass is 35.5. The maximum Gasteiger partial charge on any atom is 0.116 e. The highest BCUT2D eigenvalue weighted by Gasteiger charge is 2.11. The Balaban J connectivity index is 0.00000196. The molecule has 0 aliphatic heterocycles. The zero-order valence-corrected chi connectivity index (χ0v) is 9.97. The summed E-state index contributed by atoms with van der Waals surface area (Å²) in [6.07, 6.45) is 2.57. The fraction of sp³-hybridized carbons (Fsp3) is 0.333. The third kappa shape index (κ3) is 3.26. The van der Waals surface area contributed by atoms with E-state index < -0.39 is 0 Å². The Bertz CT molecular complexity index is 326. The number of aryl methyl sites for hydroxylation is 2. The Hall–Kier alpha value is -0.990. The number of phenols is 1. The molecule has 1 aromatic rings. The molecule has 0 saturated carbocycles. The van der Waals surface area contributed by atoms with Crippen LogP contribution in [0.1, 0.15) is 29.2 Å². The summed E-state index contributed by atoms with van der Waals surface area (Å²) in [7, 11) is 0. The molecule has 0 bridgehead atoms. The number of hydrogen-bond donors (Lipinski definition) is 2. The lowest BCUT2D eigenvalue weighted by Gasteiger charge is -2.16. The molecule has 2 nitrogen and oxygen atoms in total. The quantitative estimate of drug-likeness (QED) is 0.780. The largest absolute Gasteiger partial charge is 0.508 e. The lowest BCUT2D eigenvalue weighted by Crippen LogP contribution is -2.12. The topological polar surface area (TPSA) is 46.2 Å². The van der Waals surface area contributed by atoms with E-state index in [4.69, 9.17) is 5.73 Å². The van der Waals surface area contributed by atoms with Crippen LogP contribution < -0.4 is 5.73 Å². The lowest BCUT2D eigenvalue weighted by atomic mass is 9.94. The fourth-order valence-corrected chi connectivity index (χ4v) is 1.83. The molecule has 0 amide bonds. The van der Waals surface area contributed by atoms with Gasteiger partial charge in [0.25, 0.3) is 0 Å². The smallest absolute Gasteiger partial charge is 0.116 e. The number of phenolic OH excluding ortho intramolecular Hbond substituents is 1. The summed E-state index contributed by atoms with van der Waals surface area (Å²) in [6, 6.07) is 3.46. The molecule has 3 N–H and O–H groups in total. The average Bonchev–Trinajstić information content (AvgIpc) is 2.01. The SMILES string of the molecule is C=CC[C@@H](N)c1c(C)cc(O)cc1C.Cl. The number of hydrogen-bond acceptors (Lipinski definition) is 2. The van der Waals surface area contributed by atoms with E-state index in [-0.39, 0.29) is 18.4 Å². The summed E-state index contributed by atoms with van der Waals surface area (Å²) in [5.74, 6) is 0.301. The first-order chi connectivity index (χ1) is 6.56. The van der Waals surface area contributed by atoms with Crippen LogP contribution in [-0.2, 0) is 0 Å². The molecule has 0 aliphatic carbocycles. The van der Waals surface area contributed by atoms with E-state index in [0.717, 1.165) is 23.1 Å². The first kappa shape index (κ1) is 14.0. The zero-order chi connectivity index (χ0) is 10.7. The van der Waals surface area contributed by atoms with Gasteiger partial charge in [0.2, 0.25) is 0 Å². The van der Waals surface area contributed by atoms with Crippen molar-refractivity contribution in [3.8, 4) is 5.75 Å². The van der Waals surface area contributed by atoms with E-state index in [1.807, 2.05) is 19.9 Å². The van der Waals surface area contributed by atoms with Crippen molar-refractivity contribution in [2.75, 3.05) is 0 Å². The molecule has 3 heteroatoms. The molecule has 1 rings (SSSR count). The Morgan fingerprint density at radius 1 is 1.40 bits per heavy atom. The molecular weight excluding hydrogens is 210 g/mol.